The second-order valence-electron chi connectivity index (χ2n) is 6.15. The van der Waals surface area contributed by atoms with Crippen LogP contribution in [-0.4, -0.2) is 16.6 Å². The van der Waals surface area contributed by atoms with Crippen molar-refractivity contribution in [3.63, 3.8) is 0 Å². The summed E-state index contributed by atoms with van der Waals surface area (Å²) < 4.78 is 0. The maximum atomic E-state index is 12.1. The van der Waals surface area contributed by atoms with E-state index in [0.29, 0.717) is 11.6 Å². The number of hydrogen-bond donors (Lipinski definition) is 1. The molecule has 0 spiro atoms. The topological polar surface area (TPSA) is 42.0 Å². The summed E-state index contributed by atoms with van der Waals surface area (Å²) in [7, 11) is 0. The molecule has 2 aromatic carbocycles. The zero-order valence-electron chi connectivity index (χ0n) is 15.0. The molecule has 0 saturated carbocycles. The van der Waals surface area contributed by atoms with Gasteiger partial charge in [-0.05, 0) is 55.3 Å². The molecule has 0 bridgehead atoms. The van der Waals surface area contributed by atoms with Crippen LogP contribution in [0.25, 0.3) is 11.3 Å². The normalized spacial score (nSPS) is 10.7. The van der Waals surface area contributed by atoms with Crippen molar-refractivity contribution in [1.29, 1.82) is 0 Å². The molecule has 26 heavy (non-hydrogen) atoms. The zero-order chi connectivity index (χ0) is 18.4. The minimum Gasteiger partial charge on any atom is -0.302 e. The fourth-order valence-electron chi connectivity index (χ4n) is 2.49. The van der Waals surface area contributed by atoms with Crippen LogP contribution in [0.1, 0.15) is 24.0 Å². The second kappa shape index (κ2) is 9.01. The van der Waals surface area contributed by atoms with Gasteiger partial charge in [-0.3, -0.25) is 4.79 Å². The molecule has 0 unspecified atom stereocenters. The van der Waals surface area contributed by atoms with E-state index in [1.165, 1.54) is 27.4 Å². The number of carbonyl (C=O) groups excluding carboxylic acids is 1. The van der Waals surface area contributed by atoms with Gasteiger partial charge in [0.25, 0.3) is 0 Å². The average Bonchev–Trinajstić information content (AvgIpc) is 3.10. The molecule has 5 heteroatoms. The smallest absolute Gasteiger partial charge is 0.226 e. The molecule has 1 heterocycles. The minimum atomic E-state index is 0.0275. The fourth-order valence-corrected chi connectivity index (χ4v) is 4.10. The van der Waals surface area contributed by atoms with E-state index in [-0.39, 0.29) is 5.91 Å². The van der Waals surface area contributed by atoms with Crippen LogP contribution < -0.4 is 5.32 Å². The van der Waals surface area contributed by atoms with Gasteiger partial charge in [-0.25, -0.2) is 4.98 Å². The van der Waals surface area contributed by atoms with Gasteiger partial charge < -0.3 is 5.32 Å². The van der Waals surface area contributed by atoms with Crippen LogP contribution in [0, 0.1) is 13.8 Å². The second-order valence-corrected chi connectivity index (χ2v) is 8.18. The Morgan fingerprint density at radius 2 is 1.92 bits per heavy atom. The summed E-state index contributed by atoms with van der Waals surface area (Å²) in [4.78, 5) is 17.9. The maximum Gasteiger partial charge on any atom is 0.226 e. The molecule has 1 aromatic heterocycles. The molecule has 3 aromatic rings. The number of aryl methyl sites for hydroxylation is 2. The summed E-state index contributed by atoms with van der Waals surface area (Å²) in [5, 5.41) is 5.57. The van der Waals surface area contributed by atoms with Crippen molar-refractivity contribution < 1.29 is 4.79 Å². The number of amides is 1. The van der Waals surface area contributed by atoms with Crippen LogP contribution in [0.2, 0.25) is 0 Å². The van der Waals surface area contributed by atoms with Crippen LogP contribution in [0.5, 0.6) is 0 Å². The number of benzene rings is 2. The van der Waals surface area contributed by atoms with Crippen LogP contribution in [-0.2, 0) is 4.79 Å². The summed E-state index contributed by atoms with van der Waals surface area (Å²) in [6, 6.07) is 16.6. The summed E-state index contributed by atoms with van der Waals surface area (Å²) in [5.41, 5.74) is 4.51. The van der Waals surface area contributed by atoms with E-state index in [1.807, 2.05) is 23.6 Å². The Hall–Kier alpha value is -2.11. The van der Waals surface area contributed by atoms with Crippen molar-refractivity contribution in [1.82, 2.24) is 4.98 Å². The van der Waals surface area contributed by atoms with E-state index in [1.54, 1.807) is 11.8 Å². The third-order valence-corrected chi connectivity index (χ3v) is 5.97. The van der Waals surface area contributed by atoms with E-state index in [2.05, 4.69) is 54.5 Å². The first-order valence-electron chi connectivity index (χ1n) is 8.62. The summed E-state index contributed by atoms with van der Waals surface area (Å²) in [6.07, 6.45) is 1.36. The number of thiazole rings is 1. The number of rotatable bonds is 7. The van der Waals surface area contributed by atoms with Crippen molar-refractivity contribution in [3.05, 3.63) is 65.0 Å². The van der Waals surface area contributed by atoms with Gasteiger partial charge in [0.15, 0.2) is 5.13 Å². The fraction of sp³-hybridized carbons (Fsp3) is 0.238. The highest BCUT2D eigenvalue weighted by molar-refractivity contribution is 7.99. The molecule has 3 nitrogen and oxygen atoms in total. The zero-order valence-corrected chi connectivity index (χ0v) is 16.6. The molecule has 0 aliphatic rings. The molecule has 0 saturated heterocycles. The monoisotopic (exact) mass is 382 g/mol. The van der Waals surface area contributed by atoms with Crippen LogP contribution in [0.15, 0.2) is 58.8 Å². The Balaban J connectivity index is 1.47. The molecule has 0 atom stereocenters. The van der Waals surface area contributed by atoms with Crippen LogP contribution in [0.3, 0.4) is 0 Å². The highest BCUT2D eigenvalue weighted by atomic mass is 32.2. The first-order valence-corrected chi connectivity index (χ1v) is 10.5. The maximum absolute atomic E-state index is 12.1. The number of thioether (sulfide) groups is 1. The standard InChI is InChI=1S/C21H22N2OS2/c1-15-10-11-17(13-16(15)2)19-14-26-21(22-19)23-20(24)9-6-12-25-18-7-4-3-5-8-18/h3-5,7-8,10-11,13-14H,6,9,12H2,1-2H3,(H,22,23,24). The largest absolute Gasteiger partial charge is 0.302 e. The average molecular weight is 383 g/mol. The van der Waals surface area contributed by atoms with Gasteiger partial charge in [-0.15, -0.1) is 23.1 Å². The lowest BCUT2D eigenvalue weighted by atomic mass is 10.1. The Bertz CT molecular complexity index is 875. The lowest BCUT2D eigenvalue weighted by Crippen LogP contribution is -2.11. The van der Waals surface area contributed by atoms with Crippen molar-refractivity contribution in [3.8, 4) is 11.3 Å². The van der Waals surface area contributed by atoms with E-state index in [0.717, 1.165) is 23.4 Å². The predicted molar refractivity (Wildman–Crippen MR) is 112 cm³/mol. The Morgan fingerprint density at radius 3 is 2.69 bits per heavy atom. The first kappa shape index (κ1) is 18.7. The van der Waals surface area contributed by atoms with Gasteiger partial charge in [0.2, 0.25) is 5.91 Å². The molecule has 1 amide bonds. The molecular formula is C21H22N2OS2. The Morgan fingerprint density at radius 1 is 1.12 bits per heavy atom. The van der Waals surface area contributed by atoms with Crippen LogP contribution >= 0.6 is 23.1 Å². The molecule has 0 aliphatic carbocycles. The lowest BCUT2D eigenvalue weighted by Gasteiger charge is -2.03. The minimum absolute atomic E-state index is 0.0275. The third kappa shape index (κ3) is 5.19. The van der Waals surface area contributed by atoms with Gasteiger partial charge in [0.1, 0.15) is 0 Å². The predicted octanol–water partition coefficient (Wildman–Crippen LogP) is 5.94. The lowest BCUT2D eigenvalue weighted by molar-refractivity contribution is -0.116. The molecule has 134 valence electrons. The van der Waals surface area contributed by atoms with E-state index < -0.39 is 0 Å². The Labute approximate surface area is 162 Å². The third-order valence-electron chi connectivity index (χ3n) is 4.11. The van der Waals surface area contributed by atoms with E-state index in [9.17, 15) is 4.79 Å². The number of anilines is 1. The van der Waals surface area contributed by atoms with Gasteiger partial charge in [0.05, 0.1) is 5.69 Å². The van der Waals surface area contributed by atoms with Gasteiger partial charge >= 0.3 is 0 Å². The molecule has 0 fully saturated rings. The number of aromatic nitrogens is 1. The molecule has 3 rings (SSSR count). The highest BCUT2D eigenvalue weighted by Crippen LogP contribution is 2.26. The van der Waals surface area contributed by atoms with Crippen molar-refractivity contribution in [2.45, 2.75) is 31.6 Å². The molecule has 0 radical (unpaired) electrons. The number of carbonyl (C=O) groups is 1. The van der Waals surface area contributed by atoms with Gasteiger partial charge in [0, 0.05) is 22.3 Å². The van der Waals surface area contributed by atoms with Crippen molar-refractivity contribution >= 4 is 34.1 Å². The summed E-state index contributed by atoms with van der Waals surface area (Å²) >= 11 is 3.25. The molecule has 1 N–H and O–H groups in total. The number of nitrogens with zero attached hydrogens (tertiary/aromatic N) is 1. The SMILES string of the molecule is Cc1ccc(-c2csc(NC(=O)CCCSc3ccccc3)n2)cc1C. The summed E-state index contributed by atoms with van der Waals surface area (Å²) in [5.74, 6) is 0.961. The molecular weight excluding hydrogens is 360 g/mol. The van der Waals surface area contributed by atoms with Crippen molar-refractivity contribution in [2.24, 2.45) is 0 Å². The highest BCUT2D eigenvalue weighted by Gasteiger charge is 2.09. The van der Waals surface area contributed by atoms with Crippen molar-refractivity contribution in [2.75, 3.05) is 11.1 Å². The van der Waals surface area contributed by atoms with E-state index >= 15 is 0 Å². The van der Waals surface area contributed by atoms with Gasteiger partial charge in [-0.1, -0.05) is 30.3 Å². The Kier molecular flexibility index (Phi) is 6.47. The van der Waals surface area contributed by atoms with Crippen LogP contribution in [0.4, 0.5) is 5.13 Å². The van der Waals surface area contributed by atoms with E-state index in [4.69, 9.17) is 0 Å². The number of nitrogens with one attached hydrogen (secondary N) is 1. The first-order chi connectivity index (χ1) is 12.6. The van der Waals surface area contributed by atoms with Gasteiger partial charge in [-0.2, -0.15) is 0 Å². The number of hydrogen-bond acceptors (Lipinski definition) is 4. The molecule has 0 aliphatic heterocycles. The quantitative estimate of drug-likeness (QED) is 0.406. The summed E-state index contributed by atoms with van der Waals surface area (Å²) in [6.45, 7) is 4.20.